The monoisotopic (exact) mass is 472 g/mol. The summed E-state index contributed by atoms with van der Waals surface area (Å²) in [6.07, 6.45) is 1.60. The number of imide groups is 1. The molecule has 0 unspecified atom stereocenters. The van der Waals surface area contributed by atoms with E-state index in [2.05, 4.69) is 5.32 Å². The largest absolute Gasteiger partial charge is 0.328 e. The quantitative estimate of drug-likeness (QED) is 0.457. The minimum Gasteiger partial charge on any atom is -0.324 e. The molecule has 1 aliphatic heterocycles. The van der Waals surface area contributed by atoms with E-state index in [1.165, 1.54) is 4.57 Å². The van der Waals surface area contributed by atoms with Crippen molar-refractivity contribution in [1.29, 1.82) is 0 Å². The number of anilines is 1. The lowest BCUT2D eigenvalue weighted by Crippen LogP contribution is -2.36. The molecule has 0 bridgehead atoms. The lowest BCUT2D eigenvalue weighted by Gasteiger charge is -2.13. The topological polar surface area (TPSA) is 93.4 Å². The average Bonchev–Trinajstić information content (AvgIpc) is 3.21. The minimum atomic E-state index is -0.523. The highest BCUT2D eigenvalue weighted by atomic mass is 32.2. The smallest absolute Gasteiger partial charge is 0.324 e. The third kappa shape index (κ3) is 3.69. The van der Waals surface area contributed by atoms with Gasteiger partial charge in [-0.2, -0.15) is 0 Å². The SMILES string of the molecule is Cn1c(=O)n(C)c2cc(/C=C3\SC(=O)N(CC(=O)Nc4cccc5ccccc45)C3=O)ccc21. The van der Waals surface area contributed by atoms with Crippen molar-refractivity contribution in [3.63, 3.8) is 0 Å². The number of aromatic nitrogens is 2. The van der Waals surface area contributed by atoms with Crippen LogP contribution in [0.25, 0.3) is 27.9 Å². The van der Waals surface area contributed by atoms with E-state index in [9.17, 15) is 19.2 Å². The molecule has 1 aliphatic rings. The van der Waals surface area contributed by atoms with Gasteiger partial charge in [-0.15, -0.1) is 0 Å². The van der Waals surface area contributed by atoms with Crippen LogP contribution in [-0.4, -0.2) is 37.6 Å². The minimum absolute atomic E-state index is 0.148. The fourth-order valence-electron chi connectivity index (χ4n) is 4.07. The zero-order valence-electron chi connectivity index (χ0n) is 18.4. The molecule has 2 heterocycles. The van der Waals surface area contributed by atoms with Crippen molar-refractivity contribution < 1.29 is 14.4 Å². The molecule has 3 amide bonds. The third-order valence-electron chi connectivity index (χ3n) is 5.83. The van der Waals surface area contributed by atoms with E-state index in [1.54, 1.807) is 49.0 Å². The van der Waals surface area contributed by atoms with Crippen LogP contribution in [0.2, 0.25) is 0 Å². The van der Waals surface area contributed by atoms with Crippen LogP contribution in [0.4, 0.5) is 10.5 Å². The Labute approximate surface area is 198 Å². The summed E-state index contributed by atoms with van der Waals surface area (Å²) in [5.74, 6) is -0.981. The van der Waals surface area contributed by atoms with Gasteiger partial charge in [-0.05, 0) is 47.0 Å². The molecule has 4 aromatic rings. The number of aryl methyl sites for hydroxylation is 2. The summed E-state index contributed by atoms with van der Waals surface area (Å²) in [6.45, 7) is -0.378. The van der Waals surface area contributed by atoms with Crippen molar-refractivity contribution in [3.8, 4) is 0 Å². The molecule has 1 fully saturated rings. The maximum atomic E-state index is 12.9. The highest BCUT2D eigenvalue weighted by Gasteiger charge is 2.36. The number of carbonyl (C=O) groups excluding carboxylic acids is 3. The van der Waals surface area contributed by atoms with Crippen LogP contribution in [0, 0.1) is 0 Å². The summed E-state index contributed by atoms with van der Waals surface area (Å²) >= 11 is 0.790. The second kappa shape index (κ2) is 8.35. The Bertz CT molecular complexity index is 1590. The molecule has 1 N–H and O–H groups in total. The molecule has 1 aromatic heterocycles. The summed E-state index contributed by atoms with van der Waals surface area (Å²) in [4.78, 5) is 51.4. The predicted octanol–water partition coefficient (Wildman–Crippen LogP) is 3.71. The van der Waals surface area contributed by atoms with Gasteiger partial charge in [0.25, 0.3) is 11.1 Å². The van der Waals surface area contributed by atoms with Gasteiger partial charge in [-0.1, -0.05) is 42.5 Å². The van der Waals surface area contributed by atoms with Crippen molar-refractivity contribution >= 4 is 62.4 Å². The second-order valence-electron chi connectivity index (χ2n) is 7.99. The number of nitrogens with zero attached hydrogens (tertiary/aromatic N) is 3. The third-order valence-corrected chi connectivity index (χ3v) is 6.74. The van der Waals surface area contributed by atoms with Gasteiger partial charge < -0.3 is 5.32 Å². The van der Waals surface area contributed by atoms with Gasteiger partial charge in [0.05, 0.1) is 15.9 Å². The van der Waals surface area contributed by atoms with Crippen LogP contribution in [0.3, 0.4) is 0 Å². The number of hydrogen-bond donors (Lipinski definition) is 1. The fourth-order valence-corrected chi connectivity index (χ4v) is 4.91. The first-order valence-electron chi connectivity index (χ1n) is 10.5. The second-order valence-corrected chi connectivity index (χ2v) is 8.98. The molecule has 5 rings (SSSR count). The van der Waals surface area contributed by atoms with Crippen LogP contribution in [0.15, 0.2) is 70.4 Å². The lowest BCUT2D eigenvalue weighted by molar-refractivity contribution is -0.127. The maximum Gasteiger partial charge on any atom is 0.328 e. The molecule has 8 nitrogen and oxygen atoms in total. The van der Waals surface area contributed by atoms with Crippen molar-refractivity contribution in [2.24, 2.45) is 14.1 Å². The zero-order chi connectivity index (χ0) is 24.0. The average molecular weight is 473 g/mol. The van der Waals surface area contributed by atoms with Crippen molar-refractivity contribution in [3.05, 3.63) is 81.6 Å². The van der Waals surface area contributed by atoms with Crippen LogP contribution in [0.5, 0.6) is 0 Å². The lowest BCUT2D eigenvalue weighted by atomic mass is 10.1. The van der Waals surface area contributed by atoms with Crippen molar-refractivity contribution in [2.75, 3.05) is 11.9 Å². The van der Waals surface area contributed by atoms with Gasteiger partial charge in [0, 0.05) is 25.2 Å². The van der Waals surface area contributed by atoms with E-state index < -0.39 is 17.1 Å². The Hall–Kier alpha value is -4.11. The molecule has 3 aromatic carbocycles. The van der Waals surface area contributed by atoms with Gasteiger partial charge in [-0.3, -0.25) is 28.4 Å². The molecular weight excluding hydrogens is 452 g/mol. The molecule has 0 spiro atoms. The summed E-state index contributed by atoms with van der Waals surface area (Å²) < 4.78 is 3.07. The molecule has 0 atom stereocenters. The summed E-state index contributed by atoms with van der Waals surface area (Å²) in [6, 6.07) is 18.5. The number of amides is 3. The highest BCUT2D eigenvalue weighted by molar-refractivity contribution is 8.18. The molecule has 0 saturated carbocycles. The Morgan fingerprint density at radius 3 is 2.50 bits per heavy atom. The standard InChI is InChI=1S/C25H20N4O4S/c1-27-19-11-10-15(12-20(19)28(2)24(27)32)13-21-23(31)29(25(33)34-21)14-22(30)26-18-9-5-7-16-6-3-4-8-17(16)18/h3-13H,14H2,1-2H3,(H,26,30)/b21-13-. The number of imidazole rings is 1. The highest BCUT2D eigenvalue weighted by Crippen LogP contribution is 2.32. The van der Waals surface area contributed by atoms with Gasteiger partial charge in [-0.25, -0.2) is 4.79 Å². The number of hydrogen-bond acceptors (Lipinski definition) is 5. The number of carbonyl (C=O) groups is 3. The number of rotatable bonds is 4. The van der Waals surface area contributed by atoms with Crippen LogP contribution >= 0.6 is 11.8 Å². The van der Waals surface area contributed by atoms with E-state index >= 15 is 0 Å². The Morgan fingerprint density at radius 1 is 0.941 bits per heavy atom. The molecule has 34 heavy (non-hydrogen) atoms. The number of thioether (sulfide) groups is 1. The predicted molar refractivity (Wildman–Crippen MR) is 133 cm³/mol. The summed E-state index contributed by atoms with van der Waals surface area (Å²) in [5, 5.41) is 4.15. The molecule has 1 saturated heterocycles. The zero-order valence-corrected chi connectivity index (χ0v) is 19.3. The molecule has 0 radical (unpaired) electrons. The Morgan fingerprint density at radius 2 is 1.68 bits per heavy atom. The van der Waals surface area contributed by atoms with Crippen molar-refractivity contribution in [1.82, 2.24) is 14.0 Å². The normalized spacial score (nSPS) is 15.1. The summed E-state index contributed by atoms with van der Waals surface area (Å²) in [7, 11) is 3.37. The van der Waals surface area contributed by atoms with Crippen molar-refractivity contribution in [2.45, 2.75) is 0 Å². The van der Waals surface area contributed by atoms with E-state index in [0.29, 0.717) is 11.3 Å². The Balaban J connectivity index is 1.35. The van der Waals surface area contributed by atoms with Gasteiger partial charge in [0.1, 0.15) is 6.54 Å². The van der Waals surface area contributed by atoms with Crippen LogP contribution in [0.1, 0.15) is 5.56 Å². The molecule has 9 heteroatoms. The van der Waals surface area contributed by atoms with Crippen LogP contribution < -0.4 is 11.0 Å². The molecule has 170 valence electrons. The van der Waals surface area contributed by atoms with E-state index in [1.807, 2.05) is 36.4 Å². The first-order chi connectivity index (χ1) is 16.3. The molecule has 0 aliphatic carbocycles. The van der Waals surface area contributed by atoms with E-state index in [4.69, 9.17) is 0 Å². The number of benzene rings is 3. The van der Waals surface area contributed by atoms with E-state index in [0.717, 1.165) is 38.5 Å². The maximum absolute atomic E-state index is 12.9. The van der Waals surface area contributed by atoms with Crippen LogP contribution in [-0.2, 0) is 23.7 Å². The van der Waals surface area contributed by atoms with Gasteiger partial charge in [0.2, 0.25) is 5.91 Å². The first-order valence-corrected chi connectivity index (χ1v) is 11.3. The fraction of sp³-hybridized carbons (Fsp3) is 0.120. The number of fused-ring (bicyclic) bond motifs is 2. The van der Waals surface area contributed by atoms with Gasteiger partial charge in [0.15, 0.2) is 0 Å². The molecular formula is C25H20N4O4S. The number of nitrogens with one attached hydrogen (secondary N) is 1. The van der Waals surface area contributed by atoms with E-state index in [-0.39, 0.29) is 17.1 Å². The summed E-state index contributed by atoms with van der Waals surface area (Å²) in [5.41, 5.74) is 2.63. The Kier molecular flexibility index (Phi) is 5.33. The first kappa shape index (κ1) is 21.7. The van der Waals surface area contributed by atoms with Gasteiger partial charge >= 0.3 is 5.69 Å².